The fourth-order valence-electron chi connectivity index (χ4n) is 3.83. The van der Waals surface area contributed by atoms with Gasteiger partial charge in [0.05, 0.1) is 18.2 Å². The average molecular weight is 343 g/mol. The molecule has 2 amide bonds. The number of aryl methyl sites for hydroxylation is 1. The number of amides is 2. The summed E-state index contributed by atoms with van der Waals surface area (Å²) in [6.45, 7) is 0. The summed E-state index contributed by atoms with van der Waals surface area (Å²) in [4.78, 5) is 12.4. The van der Waals surface area contributed by atoms with Crippen molar-refractivity contribution in [3.05, 3.63) is 69.7 Å². The van der Waals surface area contributed by atoms with Crippen LogP contribution in [0.1, 0.15) is 40.8 Å². The molecule has 0 saturated heterocycles. The first-order valence-corrected chi connectivity index (χ1v) is 8.61. The topological polar surface area (TPSA) is 61.4 Å². The van der Waals surface area contributed by atoms with E-state index >= 15 is 0 Å². The third-order valence-corrected chi connectivity index (χ3v) is 5.21. The number of halogens is 1. The second-order valence-electron chi connectivity index (χ2n) is 6.50. The number of carbonyl (C=O) groups is 1. The van der Waals surface area contributed by atoms with Crippen LogP contribution in [-0.2, 0) is 12.8 Å². The van der Waals surface area contributed by atoms with Crippen molar-refractivity contribution in [2.45, 2.75) is 37.5 Å². The molecule has 0 radical (unpaired) electrons. The van der Waals surface area contributed by atoms with E-state index in [0.717, 1.165) is 34.6 Å². The third kappa shape index (κ3) is 2.76. The van der Waals surface area contributed by atoms with Gasteiger partial charge in [0.25, 0.3) is 0 Å². The number of nitrogens with one attached hydrogen (secondary N) is 2. The van der Waals surface area contributed by atoms with Gasteiger partial charge in [0.1, 0.15) is 0 Å². The van der Waals surface area contributed by atoms with Gasteiger partial charge in [-0.25, -0.2) is 4.79 Å². The fourth-order valence-corrected chi connectivity index (χ4v) is 4.02. The molecule has 3 N–H and O–H groups in total. The molecule has 5 heteroatoms. The van der Waals surface area contributed by atoms with Gasteiger partial charge in [0.2, 0.25) is 0 Å². The van der Waals surface area contributed by atoms with Crippen LogP contribution >= 0.6 is 11.6 Å². The van der Waals surface area contributed by atoms with Crippen LogP contribution in [0.4, 0.5) is 4.79 Å². The first-order valence-electron chi connectivity index (χ1n) is 8.23. The molecule has 0 aromatic heterocycles. The Hall–Kier alpha value is -2.04. The van der Waals surface area contributed by atoms with Crippen molar-refractivity contribution in [3.63, 3.8) is 0 Å². The molecule has 4 rings (SSSR count). The molecular formula is C19H19ClN2O2. The van der Waals surface area contributed by atoms with E-state index in [1.807, 2.05) is 42.5 Å². The van der Waals surface area contributed by atoms with Crippen LogP contribution in [0.5, 0.6) is 0 Å². The van der Waals surface area contributed by atoms with Gasteiger partial charge >= 0.3 is 6.03 Å². The van der Waals surface area contributed by atoms with Gasteiger partial charge < -0.3 is 15.7 Å². The van der Waals surface area contributed by atoms with Gasteiger partial charge in [-0.15, -0.1) is 0 Å². The van der Waals surface area contributed by atoms with Crippen molar-refractivity contribution in [3.8, 4) is 0 Å². The Morgan fingerprint density at radius 2 is 1.92 bits per heavy atom. The van der Waals surface area contributed by atoms with Crippen molar-refractivity contribution in [1.82, 2.24) is 10.6 Å². The Balaban J connectivity index is 1.45. The molecule has 0 heterocycles. The Labute approximate surface area is 145 Å². The minimum Gasteiger partial charge on any atom is -0.390 e. The lowest BCUT2D eigenvalue weighted by Crippen LogP contribution is -2.42. The second kappa shape index (κ2) is 6.11. The number of aliphatic hydroxyl groups is 1. The minimum atomic E-state index is -0.581. The molecule has 3 unspecified atom stereocenters. The van der Waals surface area contributed by atoms with Crippen molar-refractivity contribution >= 4 is 17.6 Å². The Kier molecular flexibility index (Phi) is 3.94. The number of carbonyl (C=O) groups excluding carboxylic acids is 1. The summed E-state index contributed by atoms with van der Waals surface area (Å²) in [5.41, 5.74) is 4.41. The zero-order chi connectivity index (χ0) is 16.7. The third-order valence-electron chi connectivity index (χ3n) is 4.98. The number of aliphatic hydroxyl groups excluding tert-OH is 1. The molecule has 24 heavy (non-hydrogen) atoms. The van der Waals surface area contributed by atoms with Gasteiger partial charge in [0, 0.05) is 11.4 Å². The van der Waals surface area contributed by atoms with Crippen LogP contribution in [0.2, 0.25) is 5.02 Å². The van der Waals surface area contributed by atoms with Crippen molar-refractivity contribution < 1.29 is 9.90 Å². The highest BCUT2D eigenvalue weighted by molar-refractivity contribution is 6.30. The average Bonchev–Trinajstić information content (AvgIpc) is 3.09. The van der Waals surface area contributed by atoms with Crippen LogP contribution in [-0.4, -0.2) is 17.2 Å². The summed E-state index contributed by atoms with van der Waals surface area (Å²) in [7, 11) is 0. The summed E-state index contributed by atoms with van der Waals surface area (Å²) in [5, 5.41) is 16.9. The Bertz CT molecular complexity index is 793. The van der Waals surface area contributed by atoms with Crippen LogP contribution < -0.4 is 10.6 Å². The van der Waals surface area contributed by atoms with Crippen LogP contribution in [0.25, 0.3) is 0 Å². The lowest BCUT2D eigenvalue weighted by molar-refractivity contribution is 0.142. The molecule has 0 fully saturated rings. The van der Waals surface area contributed by atoms with E-state index in [1.165, 1.54) is 5.56 Å². The predicted molar refractivity (Wildman–Crippen MR) is 93.1 cm³/mol. The summed E-state index contributed by atoms with van der Waals surface area (Å²) in [6, 6.07) is 13.0. The molecule has 0 aliphatic heterocycles. The van der Waals surface area contributed by atoms with Gasteiger partial charge in [-0.2, -0.15) is 0 Å². The minimum absolute atomic E-state index is 0.00828. The quantitative estimate of drug-likeness (QED) is 0.784. The molecule has 0 saturated carbocycles. The van der Waals surface area contributed by atoms with Crippen LogP contribution in [0.3, 0.4) is 0 Å². The first-order chi connectivity index (χ1) is 11.6. The van der Waals surface area contributed by atoms with Crippen LogP contribution in [0, 0.1) is 0 Å². The van der Waals surface area contributed by atoms with E-state index in [0.29, 0.717) is 6.42 Å². The molecule has 0 bridgehead atoms. The monoisotopic (exact) mass is 342 g/mol. The zero-order valence-electron chi connectivity index (χ0n) is 13.1. The van der Waals surface area contributed by atoms with E-state index in [4.69, 9.17) is 11.6 Å². The lowest BCUT2D eigenvalue weighted by Gasteiger charge is -2.21. The molecule has 4 nitrogen and oxygen atoms in total. The van der Waals surface area contributed by atoms with E-state index in [-0.39, 0.29) is 18.1 Å². The van der Waals surface area contributed by atoms with E-state index < -0.39 is 6.10 Å². The van der Waals surface area contributed by atoms with Gasteiger partial charge in [0.15, 0.2) is 0 Å². The number of urea groups is 1. The van der Waals surface area contributed by atoms with Crippen molar-refractivity contribution in [2.24, 2.45) is 0 Å². The molecule has 124 valence electrons. The molecule has 0 spiro atoms. The van der Waals surface area contributed by atoms with Crippen LogP contribution in [0.15, 0.2) is 42.5 Å². The molecule has 2 aromatic carbocycles. The number of hydrogen-bond acceptors (Lipinski definition) is 2. The Morgan fingerprint density at radius 1 is 1.08 bits per heavy atom. The first kappa shape index (κ1) is 15.5. The highest BCUT2D eigenvalue weighted by Gasteiger charge is 2.33. The Morgan fingerprint density at radius 3 is 2.79 bits per heavy atom. The predicted octanol–water partition coefficient (Wildman–Crippen LogP) is 3.28. The van der Waals surface area contributed by atoms with Gasteiger partial charge in [-0.05, 0) is 47.2 Å². The summed E-state index contributed by atoms with van der Waals surface area (Å²) in [5.74, 6) is 0. The second-order valence-corrected chi connectivity index (χ2v) is 6.94. The smallest absolute Gasteiger partial charge is 0.315 e. The van der Waals surface area contributed by atoms with Gasteiger partial charge in [-0.1, -0.05) is 41.9 Å². The SMILES string of the molecule is O=C(NC1CCc2cc(Cl)ccc21)NC1c2ccccc2CC1O. The van der Waals surface area contributed by atoms with E-state index in [1.54, 1.807) is 0 Å². The standard InChI is InChI=1S/C19H19ClN2O2/c20-13-6-7-14-12(9-13)5-8-16(14)21-19(24)22-18-15-4-2-1-3-11(15)10-17(18)23/h1-4,6-7,9,16-18,23H,5,8,10H2,(H2,21,22,24). The maximum absolute atomic E-state index is 12.4. The number of hydrogen-bond donors (Lipinski definition) is 3. The largest absolute Gasteiger partial charge is 0.390 e. The summed E-state index contributed by atoms with van der Waals surface area (Å²) < 4.78 is 0. The van der Waals surface area contributed by atoms with E-state index in [2.05, 4.69) is 10.6 Å². The number of fused-ring (bicyclic) bond motifs is 2. The molecule has 2 aromatic rings. The number of benzene rings is 2. The molecule has 2 aliphatic rings. The fraction of sp³-hybridized carbons (Fsp3) is 0.316. The van der Waals surface area contributed by atoms with Crippen molar-refractivity contribution in [2.75, 3.05) is 0 Å². The highest BCUT2D eigenvalue weighted by atomic mass is 35.5. The summed E-state index contributed by atoms with van der Waals surface area (Å²) >= 11 is 6.03. The van der Waals surface area contributed by atoms with Gasteiger partial charge in [-0.3, -0.25) is 0 Å². The van der Waals surface area contributed by atoms with Crippen molar-refractivity contribution in [1.29, 1.82) is 0 Å². The maximum atomic E-state index is 12.4. The van der Waals surface area contributed by atoms with E-state index in [9.17, 15) is 9.90 Å². The molecule has 2 aliphatic carbocycles. The lowest BCUT2D eigenvalue weighted by atomic mass is 10.1. The number of rotatable bonds is 2. The molecular weight excluding hydrogens is 324 g/mol. The summed E-state index contributed by atoms with van der Waals surface area (Å²) in [6.07, 6.45) is 1.77. The highest BCUT2D eigenvalue weighted by Crippen LogP contribution is 2.34. The maximum Gasteiger partial charge on any atom is 0.315 e. The molecule has 3 atom stereocenters. The normalized spacial score (nSPS) is 24.3. The zero-order valence-corrected chi connectivity index (χ0v) is 13.9.